The van der Waals surface area contributed by atoms with Gasteiger partial charge < -0.3 is 5.11 Å². The Hall–Kier alpha value is -0.0400. The first kappa shape index (κ1) is 9.05. The summed E-state index contributed by atoms with van der Waals surface area (Å²) in [4.78, 5) is 0. The van der Waals surface area contributed by atoms with Crippen molar-refractivity contribution in [2.45, 2.75) is 46.1 Å². The molecule has 0 aromatic rings. The van der Waals surface area contributed by atoms with Crippen molar-refractivity contribution >= 4 is 0 Å². The molecule has 1 fully saturated rings. The summed E-state index contributed by atoms with van der Waals surface area (Å²) in [5, 5.41) is 9.76. The Labute approximate surface area is 69.8 Å². The fourth-order valence-corrected chi connectivity index (χ4v) is 2.54. The molecule has 0 spiro atoms. The Morgan fingerprint density at radius 1 is 1.27 bits per heavy atom. The molecular formula is C10H20O. The molecule has 1 rings (SSSR count). The van der Waals surface area contributed by atoms with Crippen LogP contribution in [0.25, 0.3) is 0 Å². The Balaban J connectivity index is 2.57. The van der Waals surface area contributed by atoms with E-state index in [0.29, 0.717) is 11.8 Å². The van der Waals surface area contributed by atoms with Gasteiger partial charge in [0.25, 0.3) is 0 Å². The lowest BCUT2D eigenvalue weighted by atomic mass is 9.90. The highest BCUT2D eigenvalue weighted by Gasteiger charge is 2.37. The highest BCUT2D eigenvalue weighted by atomic mass is 16.3. The maximum Gasteiger partial charge on any atom is 0.0596 e. The van der Waals surface area contributed by atoms with Crippen LogP contribution in [0.5, 0.6) is 0 Å². The smallest absolute Gasteiger partial charge is 0.0596 e. The number of aliphatic hydroxyl groups excluding tert-OH is 1. The van der Waals surface area contributed by atoms with E-state index in [4.69, 9.17) is 0 Å². The van der Waals surface area contributed by atoms with Gasteiger partial charge >= 0.3 is 0 Å². The molecule has 4 atom stereocenters. The number of hydrogen-bond acceptors (Lipinski definition) is 1. The number of aliphatic hydroxyl groups is 1. The van der Waals surface area contributed by atoms with E-state index in [2.05, 4.69) is 20.8 Å². The highest BCUT2D eigenvalue weighted by Crippen LogP contribution is 2.39. The monoisotopic (exact) mass is 156 g/mol. The summed E-state index contributed by atoms with van der Waals surface area (Å²) in [7, 11) is 0. The molecule has 1 heteroatoms. The van der Waals surface area contributed by atoms with Crippen LogP contribution < -0.4 is 0 Å². The molecule has 11 heavy (non-hydrogen) atoms. The molecule has 0 aliphatic heterocycles. The molecule has 0 bridgehead atoms. The van der Waals surface area contributed by atoms with Crippen molar-refractivity contribution in [3.63, 3.8) is 0 Å². The van der Waals surface area contributed by atoms with Gasteiger partial charge in [0.05, 0.1) is 6.10 Å². The lowest BCUT2D eigenvalue weighted by Gasteiger charge is -2.19. The van der Waals surface area contributed by atoms with Gasteiger partial charge in [-0.2, -0.15) is 0 Å². The van der Waals surface area contributed by atoms with E-state index in [1.807, 2.05) is 0 Å². The van der Waals surface area contributed by atoms with Gasteiger partial charge in [0.1, 0.15) is 0 Å². The van der Waals surface area contributed by atoms with E-state index in [9.17, 15) is 5.11 Å². The Bertz CT molecular complexity index is 122. The summed E-state index contributed by atoms with van der Waals surface area (Å²) in [5.41, 5.74) is 0. The molecular weight excluding hydrogens is 136 g/mol. The zero-order valence-corrected chi connectivity index (χ0v) is 7.88. The first-order chi connectivity index (χ1) is 5.20. The predicted molar refractivity (Wildman–Crippen MR) is 47.3 cm³/mol. The van der Waals surface area contributed by atoms with Gasteiger partial charge in [-0.15, -0.1) is 0 Å². The molecule has 66 valence electrons. The largest absolute Gasteiger partial charge is 0.393 e. The summed E-state index contributed by atoms with van der Waals surface area (Å²) in [6, 6.07) is 0. The van der Waals surface area contributed by atoms with Crippen molar-refractivity contribution in [1.82, 2.24) is 0 Å². The fraction of sp³-hybridized carbons (Fsp3) is 1.00. The second kappa shape index (κ2) is 3.57. The van der Waals surface area contributed by atoms with Crippen LogP contribution in [-0.4, -0.2) is 11.2 Å². The van der Waals surface area contributed by atoms with Gasteiger partial charge in [-0.05, 0) is 24.2 Å². The van der Waals surface area contributed by atoms with Gasteiger partial charge in [-0.25, -0.2) is 0 Å². The van der Waals surface area contributed by atoms with Crippen molar-refractivity contribution in [3.8, 4) is 0 Å². The van der Waals surface area contributed by atoms with E-state index < -0.39 is 0 Å². The van der Waals surface area contributed by atoms with E-state index in [0.717, 1.165) is 12.3 Å². The van der Waals surface area contributed by atoms with Gasteiger partial charge in [0.2, 0.25) is 0 Å². The Morgan fingerprint density at radius 2 is 1.91 bits per heavy atom. The Morgan fingerprint density at radius 3 is 2.27 bits per heavy atom. The molecule has 0 aromatic heterocycles. The molecule has 0 aromatic carbocycles. The predicted octanol–water partition coefficient (Wildman–Crippen LogP) is 2.44. The molecule has 4 unspecified atom stereocenters. The minimum Gasteiger partial charge on any atom is -0.393 e. The molecule has 1 aliphatic carbocycles. The van der Waals surface area contributed by atoms with Crippen molar-refractivity contribution in [2.75, 3.05) is 0 Å². The first-order valence-electron chi connectivity index (χ1n) is 4.88. The molecule has 1 aliphatic rings. The van der Waals surface area contributed by atoms with Crippen LogP contribution in [0.3, 0.4) is 0 Å². The van der Waals surface area contributed by atoms with E-state index in [1.165, 1.54) is 12.8 Å². The quantitative estimate of drug-likeness (QED) is 0.651. The second-order valence-corrected chi connectivity index (χ2v) is 3.94. The second-order valence-electron chi connectivity index (χ2n) is 3.94. The zero-order chi connectivity index (χ0) is 8.43. The number of hydrogen-bond donors (Lipinski definition) is 1. The fourth-order valence-electron chi connectivity index (χ4n) is 2.54. The molecule has 1 saturated carbocycles. The standard InChI is InChI=1S/C10H20O/c1-4-8-6-7(3)10(11)9(8)5-2/h7-11H,4-6H2,1-3H3. The third-order valence-corrected chi connectivity index (χ3v) is 3.30. The van der Waals surface area contributed by atoms with E-state index in [1.54, 1.807) is 0 Å². The topological polar surface area (TPSA) is 20.2 Å². The highest BCUT2D eigenvalue weighted by molar-refractivity contribution is 4.87. The van der Waals surface area contributed by atoms with Crippen LogP contribution in [-0.2, 0) is 0 Å². The summed E-state index contributed by atoms with van der Waals surface area (Å²) in [6.07, 6.45) is 3.59. The third-order valence-electron chi connectivity index (χ3n) is 3.30. The zero-order valence-electron chi connectivity index (χ0n) is 7.88. The van der Waals surface area contributed by atoms with Crippen LogP contribution in [0.15, 0.2) is 0 Å². The van der Waals surface area contributed by atoms with Crippen LogP contribution in [0.1, 0.15) is 40.0 Å². The molecule has 0 heterocycles. The maximum absolute atomic E-state index is 9.76. The number of rotatable bonds is 2. The average molecular weight is 156 g/mol. The molecule has 0 radical (unpaired) electrons. The van der Waals surface area contributed by atoms with Crippen molar-refractivity contribution in [3.05, 3.63) is 0 Å². The Kier molecular flexibility index (Phi) is 2.94. The summed E-state index contributed by atoms with van der Waals surface area (Å²) in [5.74, 6) is 1.89. The van der Waals surface area contributed by atoms with Gasteiger partial charge in [0.15, 0.2) is 0 Å². The van der Waals surface area contributed by atoms with Crippen LogP contribution in [0.4, 0.5) is 0 Å². The SMILES string of the molecule is CCC1CC(C)C(O)C1CC. The maximum atomic E-state index is 9.76. The molecule has 1 nitrogen and oxygen atoms in total. The van der Waals surface area contributed by atoms with Crippen LogP contribution in [0.2, 0.25) is 0 Å². The lowest BCUT2D eigenvalue weighted by Crippen LogP contribution is -2.20. The third kappa shape index (κ3) is 1.58. The summed E-state index contributed by atoms with van der Waals surface area (Å²) in [6.45, 7) is 6.59. The van der Waals surface area contributed by atoms with E-state index >= 15 is 0 Å². The van der Waals surface area contributed by atoms with Crippen LogP contribution >= 0.6 is 0 Å². The lowest BCUT2D eigenvalue weighted by molar-refractivity contribution is 0.0863. The summed E-state index contributed by atoms with van der Waals surface area (Å²) < 4.78 is 0. The molecule has 1 N–H and O–H groups in total. The van der Waals surface area contributed by atoms with Gasteiger partial charge in [-0.3, -0.25) is 0 Å². The van der Waals surface area contributed by atoms with Crippen molar-refractivity contribution in [2.24, 2.45) is 17.8 Å². The van der Waals surface area contributed by atoms with Gasteiger partial charge in [0, 0.05) is 0 Å². The van der Waals surface area contributed by atoms with E-state index in [-0.39, 0.29) is 6.10 Å². The molecule has 0 amide bonds. The minimum atomic E-state index is -0.0232. The van der Waals surface area contributed by atoms with Gasteiger partial charge in [-0.1, -0.05) is 33.6 Å². The first-order valence-corrected chi connectivity index (χ1v) is 4.88. The molecule has 0 saturated heterocycles. The normalized spacial score (nSPS) is 44.7. The average Bonchev–Trinajstić information content (AvgIpc) is 2.28. The van der Waals surface area contributed by atoms with Crippen molar-refractivity contribution < 1.29 is 5.11 Å². The summed E-state index contributed by atoms with van der Waals surface area (Å²) >= 11 is 0. The van der Waals surface area contributed by atoms with Crippen LogP contribution in [0, 0.1) is 17.8 Å². The minimum absolute atomic E-state index is 0.0232. The van der Waals surface area contributed by atoms with Crippen molar-refractivity contribution in [1.29, 1.82) is 0 Å².